The molecule has 44 heavy (non-hydrogen) atoms. The van der Waals surface area contributed by atoms with Crippen LogP contribution in [0.1, 0.15) is 110 Å². The Labute approximate surface area is 266 Å². The number of unbranched alkanes of at least 4 members (excludes halogenated alkanes) is 5. The van der Waals surface area contributed by atoms with Crippen molar-refractivity contribution in [2.45, 2.75) is 134 Å². The molecule has 256 valence electrons. The van der Waals surface area contributed by atoms with Crippen molar-refractivity contribution in [3.8, 4) is 0 Å². The highest BCUT2D eigenvalue weighted by Gasteiger charge is 2.31. The number of hydrogen-bond donors (Lipinski definition) is 5. The number of rotatable bonds is 22. The lowest BCUT2D eigenvalue weighted by molar-refractivity contribution is -0.130. The fraction of sp³-hybridized carbons (Fsp3) is 0.875. The average molecular weight is 645 g/mol. The van der Waals surface area contributed by atoms with E-state index in [-0.39, 0.29) is 38.6 Å². The molecular weight excluding hydrogens is 584 g/mol. The first-order chi connectivity index (χ1) is 21.0. The van der Waals surface area contributed by atoms with Crippen LogP contribution in [0.2, 0.25) is 0 Å². The summed E-state index contributed by atoms with van der Waals surface area (Å²) in [7, 11) is -3.86. The van der Waals surface area contributed by atoms with Gasteiger partial charge in [0, 0.05) is 13.1 Å². The summed E-state index contributed by atoms with van der Waals surface area (Å²) in [6.07, 6.45) is 15.2. The zero-order valence-electron chi connectivity index (χ0n) is 27.2. The Hall–Kier alpha value is -1.57. The molecule has 0 radical (unpaired) electrons. The molecule has 0 bridgehead atoms. The summed E-state index contributed by atoms with van der Waals surface area (Å²) in [5.41, 5.74) is 0. The van der Waals surface area contributed by atoms with Gasteiger partial charge in [-0.2, -0.15) is 17.4 Å². The second-order valence-electron chi connectivity index (χ2n) is 13.0. The van der Waals surface area contributed by atoms with Crippen molar-refractivity contribution in [2.24, 2.45) is 11.8 Å². The molecule has 2 amide bonds. The summed E-state index contributed by atoms with van der Waals surface area (Å²) in [6.45, 7) is 8.04. The Bertz CT molecular complexity index is 937. The minimum absolute atomic E-state index is 0.117. The van der Waals surface area contributed by atoms with Gasteiger partial charge in [0.15, 0.2) is 0 Å². The number of hydrogen-bond acceptors (Lipinski definition) is 7. The van der Waals surface area contributed by atoms with Gasteiger partial charge in [0.1, 0.15) is 6.04 Å². The van der Waals surface area contributed by atoms with Gasteiger partial charge in [0.05, 0.1) is 38.0 Å². The van der Waals surface area contributed by atoms with Gasteiger partial charge in [-0.1, -0.05) is 97.0 Å². The Morgan fingerprint density at radius 3 is 2.25 bits per heavy atom. The molecule has 0 spiro atoms. The lowest BCUT2D eigenvalue weighted by Gasteiger charge is -2.30. The molecule has 0 aromatic rings. The minimum Gasteiger partial charge on any atom is -0.390 e. The number of aliphatic hydroxyl groups is 2. The molecule has 2 fully saturated rings. The number of amides is 2. The molecule has 12 heteroatoms. The molecule has 1 aliphatic heterocycles. The summed E-state index contributed by atoms with van der Waals surface area (Å²) >= 11 is 0. The third kappa shape index (κ3) is 15.1. The van der Waals surface area contributed by atoms with Crippen LogP contribution in [-0.4, -0.2) is 91.9 Å². The lowest BCUT2D eigenvalue weighted by Crippen LogP contribution is -2.56. The van der Waals surface area contributed by atoms with Crippen LogP contribution in [0.15, 0.2) is 12.7 Å². The van der Waals surface area contributed by atoms with E-state index in [1.807, 2.05) is 13.8 Å². The Balaban J connectivity index is 1.85. The summed E-state index contributed by atoms with van der Waals surface area (Å²) in [5.74, 6) is -0.0957. The van der Waals surface area contributed by atoms with E-state index in [1.165, 1.54) is 68.2 Å². The van der Waals surface area contributed by atoms with Gasteiger partial charge < -0.3 is 25.6 Å². The highest BCUT2D eigenvalue weighted by atomic mass is 32.2. The molecular formula is C32H60N4O7S. The van der Waals surface area contributed by atoms with E-state index >= 15 is 0 Å². The normalized spacial score (nSPS) is 19.7. The largest absolute Gasteiger partial charge is 0.390 e. The first-order valence-electron chi connectivity index (χ1n) is 16.9. The molecule has 2 rings (SSSR count). The smallest absolute Gasteiger partial charge is 0.280 e. The van der Waals surface area contributed by atoms with Gasteiger partial charge in [-0.15, -0.1) is 6.58 Å². The van der Waals surface area contributed by atoms with Gasteiger partial charge in [-0.05, 0) is 31.1 Å². The molecule has 4 atom stereocenters. The van der Waals surface area contributed by atoms with Crippen LogP contribution < -0.4 is 15.4 Å². The van der Waals surface area contributed by atoms with Gasteiger partial charge in [-0.3, -0.25) is 9.59 Å². The molecule has 1 heterocycles. The van der Waals surface area contributed by atoms with Gasteiger partial charge >= 0.3 is 0 Å². The third-order valence-electron chi connectivity index (χ3n) is 8.73. The van der Waals surface area contributed by atoms with Crippen molar-refractivity contribution in [1.82, 2.24) is 19.7 Å². The quantitative estimate of drug-likeness (QED) is 0.0895. The number of morpholine rings is 1. The zero-order valence-corrected chi connectivity index (χ0v) is 28.0. The standard InChI is InChI=1S/C32H60N4O7S/c1-4-14-28(34-30(38)24-33-44(41,42)36-19-21-43-22-20-36)32(40)35-27(31(39)29(37)23-25(2)3)18-13-8-6-5-7-10-15-26-16-11-9-12-17-26/h4,25-29,31,33,37,39H,1,5-24H2,2-3H3,(H,34,38)(H,35,40)/t27-,28-,29-,31+/m0/s1. The van der Waals surface area contributed by atoms with Crippen LogP contribution in [0.4, 0.5) is 0 Å². The Morgan fingerprint density at radius 2 is 1.61 bits per heavy atom. The lowest BCUT2D eigenvalue weighted by atomic mass is 9.85. The molecule has 11 nitrogen and oxygen atoms in total. The predicted molar refractivity (Wildman–Crippen MR) is 173 cm³/mol. The maximum absolute atomic E-state index is 13.3. The summed E-state index contributed by atoms with van der Waals surface area (Å²) < 4.78 is 33.7. The molecule has 2 aliphatic rings. The first-order valence-corrected chi connectivity index (χ1v) is 18.4. The summed E-state index contributed by atoms with van der Waals surface area (Å²) in [5, 5.41) is 27.1. The van der Waals surface area contributed by atoms with E-state index in [0.717, 1.165) is 25.2 Å². The van der Waals surface area contributed by atoms with Crippen LogP contribution in [0.5, 0.6) is 0 Å². The van der Waals surface area contributed by atoms with Crippen molar-refractivity contribution in [2.75, 3.05) is 32.8 Å². The predicted octanol–water partition coefficient (Wildman–Crippen LogP) is 3.17. The van der Waals surface area contributed by atoms with Crippen molar-refractivity contribution < 1.29 is 33.0 Å². The number of ether oxygens (including phenoxy) is 1. The minimum atomic E-state index is -3.86. The topological polar surface area (TPSA) is 157 Å². The maximum Gasteiger partial charge on any atom is 0.280 e. The number of carbonyl (C=O) groups excluding carboxylic acids is 2. The summed E-state index contributed by atoms with van der Waals surface area (Å²) in [4.78, 5) is 25.9. The van der Waals surface area contributed by atoms with E-state index in [9.17, 15) is 28.2 Å². The van der Waals surface area contributed by atoms with Crippen LogP contribution in [0, 0.1) is 11.8 Å². The van der Waals surface area contributed by atoms with Gasteiger partial charge in [0.25, 0.3) is 10.2 Å². The Morgan fingerprint density at radius 1 is 0.977 bits per heavy atom. The molecule has 0 aromatic heterocycles. The van der Waals surface area contributed by atoms with Crippen LogP contribution >= 0.6 is 0 Å². The molecule has 0 unspecified atom stereocenters. The molecule has 1 saturated carbocycles. The highest BCUT2D eigenvalue weighted by molar-refractivity contribution is 7.87. The fourth-order valence-electron chi connectivity index (χ4n) is 6.16. The molecule has 0 aromatic carbocycles. The van der Waals surface area contributed by atoms with Crippen LogP contribution in [-0.2, 0) is 24.5 Å². The van der Waals surface area contributed by atoms with E-state index in [4.69, 9.17) is 4.74 Å². The Kier molecular flexibility index (Phi) is 18.7. The SMILES string of the molecule is C=CC[C@H](NC(=O)CNS(=O)(=O)N1CCOCC1)C(=O)N[C@@H](CCCCCCCCC1CCCCC1)[C@@H](O)[C@@H](O)CC(C)C. The third-order valence-corrected chi connectivity index (χ3v) is 10.3. The van der Waals surface area contributed by atoms with Crippen molar-refractivity contribution in [1.29, 1.82) is 0 Å². The van der Waals surface area contributed by atoms with Crippen molar-refractivity contribution in [3.05, 3.63) is 12.7 Å². The second-order valence-corrected chi connectivity index (χ2v) is 14.7. The van der Waals surface area contributed by atoms with E-state index in [0.29, 0.717) is 12.8 Å². The first kappa shape index (κ1) is 38.6. The van der Waals surface area contributed by atoms with E-state index in [1.54, 1.807) is 0 Å². The molecule has 5 N–H and O–H groups in total. The van der Waals surface area contributed by atoms with Gasteiger partial charge in [0.2, 0.25) is 11.8 Å². The monoisotopic (exact) mass is 644 g/mol. The fourth-order valence-corrected chi connectivity index (χ4v) is 7.29. The second kappa shape index (κ2) is 21.3. The summed E-state index contributed by atoms with van der Waals surface area (Å²) in [6, 6.07) is -1.69. The number of aliphatic hydroxyl groups excluding tert-OH is 2. The highest BCUT2D eigenvalue weighted by Crippen LogP contribution is 2.28. The average Bonchev–Trinajstić information content (AvgIpc) is 3.00. The van der Waals surface area contributed by atoms with Crippen LogP contribution in [0.25, 0.3) is 0 Å². The number of carbonyl (C=O) groups is 2. The molecule has 1 saturated heterocycles. The number of nitrogens with one attached hydrogen (secondary N) is 3. The van der Waals surface area contributed by atoms with Crippen molar-refractivity contribution in [3.63, 3.8) is 0 Å². The van der Waals surface area contributed by atoms with E-state index in [2.05, 4.69) is 21.9 Å². The van der Waals surface area contributed by atoms with E-state index < -0.39 is 52.9 Å². The maximum atomic E-state index is 13.3. The number of nitrogens with zero attached hydrogens (tertiary/aromatic N) is 1. The van der Waals surface area contributed by atoms with Gasteiger partial charge in [-0.25, -0.2) is 0 Å². The molecule has 1 aliphatic carbocycles. The zero-order chi connectivity index (χ0) is 32.4. The van der Waals surface area contributed by atoms with Crippen molar-refractivity contribution >= 4 is 22.0 Å². The van der Waals surface area contributed by atoms with Crippen LogP contribution in [0.3, 0.4) is 0 Å².